The normalized spacial score (nSPS) is 14.7. The maximum atomic E-state index is 6.15. The lowest BCUT2D eigenvalue weighted by Crippen LogP contribution is -2.41. The average Bonchev–Trinajstić information content (AvgIpc) is 3.16. The van der Waals surface area contributed by atoms with Crippen LogP contribution >= 0.6 is 11.6 Å². The first-order valence-electron chi connectivity index (χ1n) is 10.7. The Morgan fingerprint density at radius 3 is 2.62 bits per heavy atom. The van der Waals surface area contributed by atoms with E-state index in [2.05, 4.69) is 56.0 Å². The fourth-order valence-electron chi connectivity index (χ4n) is 4.29. The van der Waals surface area contributed by atoms with Gasteiger partial charge in [0.05, 0.1) is 12.8 Å². The number of anilines is 3. The lowest BCUT2D eigenvalue weighted by Gasteiger charge is -2.42. The van der Waals surface area contributed by atoms with Gasteiger partial charge in [-0.3, -0.25) is 0 Å². The number of hydrogen-bond donors (Lipinski definition) is 2. The number of rotatable bonds is 7. The van der Waals surface area contributed by atoms with E-state index in [0.29, 0.717) is 28.2 Å². The number of nitrogens with zero attached hydrogens (tertiary/aromatic N) is 4. The summed E-state index contributed by atoms with van der Waals surface area (Å²) >= 11 is 6.15. The van der Waals surface area contributed by atoms with Crippen LogP contribution in [0.5, 0.6) is 5.75 Å². The second-order valence-electron chi connectivity index (χ2n) is 8.25. The first kappa shape index (κ1) is 20.6. The molecule has 8 heteroatoms. The summed E-state index contributed by atoms with van der Waals surface area (Å²) in [5.74, 6) is 2.48. The van der Waals surface area contributed by atoms with Gasteiger partial charge in [-0.15, -0.1) is 5.10 Å². The molecule has 1 aliphatic carbocycles. The monoisotopic (exact) mass is 448 g/mol. The summed E-state index contributed by atoms with van der Waals surface area (Å²) in [4.78, 5) is 9.11. The van der Waals surface area contributed by atoms with Crippen molar-refractivity contribution in [3.63, 3.8) is 0 Å². The second-order valence-corrected chi connectivity index (χ2v) is 8.69. The standard InChI is InChI=1S/C24H25ClN6O/c1-16-13-21(26-15-24(11-6-12-24)17-7-4-3-5-8-17)31-23(27-16)29-22(30-31)28-19-14-18(25)9-10-20(19)32-2/h3-5,7-10,13-14,26H,6,11-12,15H2,1-2H3,(H,28,30). The molecule has 7 nitrogen and oxygen atoms in total. The Morgan fingerprint density at radius 2 is 1.91 bits per heavy atom. The molecule has 32 heavy (non-hydrogen) atoms. The highest BCUT2D eigenvalue weighted by Crippen LogP contribution is 2.43. The Bertz CT molecular complexity index is 1250. The molecule has 2 aromatic heterocycles. The number of aromatic nitrogens is 4. The molecule has 2 N–H and O–H groups in total. The molecule has 1 aliphatic rings. The Balaban J connectivity index is 1.43. The zero-order chi connectivity index (χ0) is 22.1. The van der Waals surface area contributed by atoms with Crippen LogP contribution in [-0.2, 0) is 5.41 Å². The van der Waals surface area contributed by atoms with E-state index >= 15 is 0 Å². The summed E-state index contributed by atoms with van der Waals surface area (Å²) in [7, 11) is 1.61. The van der Waals surface area contributed by atoms with Gasteiger partial charge in [0.1, 0.15) is 11.6 Å². The van der Waals surface area contributed by atoms with E-state index in [1.165, 1.54) is 24.8 Å². The molecule has 0 aliphatic heterocycles. The molecule has 0 saturated heterocycles. The topological polar surface area (TPSA) is 76.4 Å². The van der Waals surface area contributed by atoms with Crippen molar-refractivity contribution in [3.8, 4) is 5.75 Å². The minimum absolute atomic E-state index is 0.153. The molecule has 1 saturated carbocycles. The van der Waals surface area contributed by atoms with Crippen molar-refractivity contribution >= 4 is 34.8 Å². The Hall–Kier alpha value is -3.32. The summed E-state index contributed by atoms with van der Waals surface area (Å²) < 4.78 is 7.15. The van der Waals surface area contributed by atoms with Gasteiger partial charge in [0.2, 0.25) is 5.95 Å². The van der Waals surface area contributed by atoms with Crippen LogP contribution < -0.4 is 15.4 Å². The molecule has 2 aromatic carbocycles. The molecule has 0 radical (unpaired) electrons. The number of aryl methyl sites for hydroxylation is 1. The van der Waals surface area contributed by atoms with Crippen LogP contribution in [0.1, 0.15) is 30.5 Å². The second kappa shape index (κ2) is 8.31. The van der Waals surface area contributed by atoms with Crippen molar-refractivity contribution in [3.05, 3.63) is 70.9 Å². The zero-order valence-electron chi connectivity index (χ0n) is 18.1. The van der Waals surface area contributed by atoms with Crippen LogP contribution in [0, 0.1) is 6.92 Å². The number of fused-ring (bicyclic) bond motifs is 1. The van der Waals surface area contributed by atoms with Gasteiger partial charge in [-0.25, -0.2) is 4.98 Å². The van der Waals surface area contributed by atoms with E-state index < -0.39 is 0 Å². The first-order chi connectivity index (χ1) is 15.6. The maximum Gasteiger partial charge on any atom is 0.256 e. The molecule has 2 heterocycles. The third-order valence-electron chi connectivity index (χ3n) is 6.15. The van der Waals surface area contributed by atoms with E-state index in [1.807, 2.05) is 13.0 Å². The number of ether oxygens (including phenoxy) is 1. The van der Waals surface area contributed by atoms with Crippen LogP contribution in [0.2, 0.25) is 5.02 Å². The highest BCUT2D eigenvalue weighted by molar-refractivity contribution is 6.31. The molecular weight excluding hydrogens is 424 g/mol. The number of methoxy groups -OCH3 is 1. The summed E-state index contributed by atoms with van der Waals surface area (Å²) in [6, 6.07) is 18.1. The fraction of sp³-hybridized carbons (Fsp3) is 0.292. The van der Waals surface area contributed by atoms with E-state index in [0.717, 1.165) is 18.1 Å². The Labute approximate surface area is 191 Å². The Kier molecular flexibility index (Phi) is 5.35. The minimum Gasteiger partial charge on any atom is -0.495 e. The largest absolute Gasteiger partial charge is 0.495 e. The smallest absolute Gasteiger partial charge is 0.256 e. The SMILES string of the molecule is COc1ccc(Cl)cc1Nc1nc2nc(C)cc(NCC3(c4ccccc4)CCC3)n2n1. The molecule has 0 bridgehead atoms. The third-order valence-corrected chi connectivity index (χ3v) is 6.39. The van der Waals surface area contributed by atoms with Crippen molar-refractivity contribution in [1.29, 1.82) is 0 Å². The average molecular weight is 449 g/mol. The van der Waals surface area contributed by atoms with Crippen molar-refractivity contribution in [2.75, 3.05) is 24.3 Å². The lowest BCUT2D eigenvalue weighted by atomic mass is 9.64. The summed E-state index contributed by atoms with van der Waals surface area (Å²) in [6.45, 7) is 2.80. The molecule has 4 aromatic rings. The fourth-order valence-corrected chi connectivity index (χ4v) is 4.46. The lowest BCUT2D eigenvalue weighted by molar-refractivity contribution is 0.260. The van der Waals surface area contributed by atoms with Gasteiger partial charge in [0, 0.05) is 28.7 Å². The maximum absolute atomic E-state index is 6.15. The minimum atomic E-state index is 0.153. The summed E-state index contributed by atoms with van der Waals surface area (Å²) in [6.07, 6.45) is 3.60. The van der Waals surface area contributed by atoms with Crippen molar-refractivity contribution in [2.24, 2.45) is 0 Å². The zero-order valence-corrected chi connectivity index (χ0v) is 18.9. The van der Waals surface area contributed by atoms with Gasteiger partial charge in [0.25, 0.3) is 5.78 Å². The molecule has 0 unspecified atom stereocenters. The molecule has 0 amide bonds. The molecule has 5 rings (SSSR count). The number of halogens is 1. The van der Waals surface area contributed by atoms with Gasteiger partial charge in [-0.1, -0.05) is 48.4 Å². The van der Waals surface area contributed by atoms with Crippen LogP contribution in [-0.4, -0.2) is 33.2 Å². The molecule has 0 atom stereocenters. The van der Waals surface area contributed by atoms with Crippen molar-refractivity contribution < 1.29 is 4.74 Å². The van der Waals surface area contributed by atoms with E-state index in [-0.39, 0.29) is 5.41 Å². The van der Waals surface area contributed by atoms with Crippen LogP contribution in [0.4, 0.5) is 17.5 Å². The third kappa shape index (κ3) is 3.84. The van der Waals surface area contributed by atoms with Crippen LogP contribution in [0.15, 0.2) is 54.6 Å². The van der Waals surface area contributed by atoms with Gasteiger partial charge < -0.3 is 15.4 Å². The first-order valence-corrected chi connectivity index (χ1v) is 11.1. The summed E-state index contributed by atoms with van der Waals surface area (Å²) in [5, 5.41) is 12.1. The van der Waals surface area contributed by atoms with Gasteiger partial charge >= 0.3 is 0 Å². The number of nitrogens with one attached hydrogen (secondary N) is 2. The molecule has 0 spiro atoms. The molecule has 1 fully saturated rings. The van der Waals surface area contributed by atoms with Gasteiger partial charge in [0.15, 0.2) is 0 Å². The number of hydrogen-bond acceptors (Lipinski definition) is 6. The van der Waals surface area contributed by atoms with Crippen molar-refractivity contribution in [1.82, 2.24) is 19.6 Å². The molecular formula is C24H25ClN6O. The van der Waals surface area contributed by atoms with Crippen LogP contribution in [0.25, 0.3) is 5.78 Å². The highest BCUT2D eigenvalue weighted by Gasteiger charge is 2.38. The van der Waals surface area contributed by atoms with Crippen LogP contribution in [0.3, 0.4) is 0 Å². The van der Waals surface area contributed by atoms with E-state index in [4.69, 9.17) is 16.3 Å². The van der Waals surface area contributed by atoms with Crippen molar-refractivity contribution in [2.45, 2.75) is 31.6 Å². The highest BCUT2D eigenvalue weighted by atomic mass is 35.5. The summed E-state index contributed by atoms with van der Waals surface area (Å²) in [5.41, 5.74) is 3.11. The number of benzene rings is 2. The van der Waals surface area contributed by atoms with Gasteiger partial charge in [-0.2, -0.15) is 9.50 Å². The van der Waals surface area contributed by atoms with E-state index in [9.17, 15) is 0 Å². The predicted molar refractivity (Wildman–Crippen MR) is 127 cm³/mol. The van der Waals surface area contributed by atoms with E-state index in [1.54, 1.807) is 29.8 Å². The predicted octanol–water partition coefficient (Wildman–Crippen LogP) is 5.37. The molecule has 164 valence electrons. The van der Waals surface area contributed by atoms with Gasteiger partial charge in [-0.05, 0) is 43.5 Å². The quantitative estimate of drug-likeness (QED) is 0.395. The Morgan fingerprint density at radius 1 is 1.09 bits per heavy atom.